The molecule has 1 heterocycles. The topological polar surface area (TPSA) is 37.3 Å². The van der Waals surface area contributed by atoms with Gasteiger partial charge in [-0.3, -0.25) is 4.79 Å². The second kappa shape index (κ2) is 4.57. The smallest absolute Gasteiger partial charge is 0.206 e. The maximum atomic E-state index is 12.0. The fourth-order valence-corrected chi connectivity index (χ4v) is 2.77. The molecule has 0 atom stereocenters. The molecular weight excluding hydrogens is 312 g/mol. The third kappa shape index (κ3) is 2.29. The highest BCUT2D eigenvalue weighted by Gasteiger charge is 2.15. The highest BCUT2D eigenvalue weighted by molar-refractivity contribution is 9.11. The van der Waals surface area contributed by atoms with Gasteiger partial charge >= 0.3 is 0 Å². The summed E-state index contributed by atoms with van der Waals surface area (Å²) in [5, 5.41) is 10.0. The molecule has 1 N–H and O–H groups in total. The maximum Gasteiger partial charge on any atom is 0.206 e. The van der Waals surface area contributed by atoms with Gasteiger partial charge in [0.05, 0.1) is 14.2 Å². The normalized spacial score (nSPS) is 10.4. The van der Waals surface area contributed by atoms with E-state index >= 15 is 0 Å². The second-order valence-electron chi connectivity index (χ2n) is 3.09. The van der Waals surface area contributed by atoms with E-state index in [2.05, 4.69) is 15.9 Å². The van der Waals surface area contributed by atoms with Crippen LogP contribution in [0.15, 0.2) is 34.1 Å². The van der Waals surface area contributed by atoms with E-state index in [1.807, 2.05) is 0 Å². The van der Waals surface area contributed by atoms with E-state index in [0.29, 0.717) is 9.90 Å². The molecule has 0 saturated carbocycles. The molecule has 0 aliphatic carbocycles. The van der Waals surface area contributed by atoms with E-state index in [1.165, 1.54) is 29.5 Å². The summed E-state index contributed by atoms with van der Waals surface area (Å²) in [5.41, 5.74) is 0.224. The second-order valence-corrected chi connectivity index (χ2v) is 5.99. The lowest BCUT2D eigenvalue weighted by atomic mass is 10.1. The van der Waals surface area contributed by atoms with Crippen LogP contribution >= 0.6 is 38.9 Å². The Kier molecular flexibility index (Phi) is 3.33. The predicted molar refractivity (Wildman–Crippen MR) is 68.6 cm³/mol. The van der Waals surface area contributed by atoms with Gasteiger partial charge in [-0.05, 0) is 46.3 Å². The Morgan fingerprint density at radius 3 is 2.69 bits per heavy atom. The third-order valence-corrected chi connectivity index (χ3v) is 3.86. The van der Waals surface area contributed by atoms with E-state index in [0.717, 1.165) is 3.79 Å². The summed E-state index contributed by atoms with van der Waals surface area (Å²) in [6.45, 7) is 0. The zero-order valence-electron chi connectivity index (χ0n) is 7.91. The number of hydrogen-bond acceptors (Lipinski definition) is 3. The predicted octanol–water partition coefficient (Wildman–Crippen LogP) is 4.10. The van der Waals surface area contributed by atoms with Gasteiger partial charge in [-0.2, -0.15) is 0 Å². The Bertz CT molecular complexity index is 551. The number of phenolic OH excluding ortho intramolecular Hbond substituents is 1. The molecule has 82 valence electrons. The number of benzene rings is 1. The SMILES string of the molecule is O=C(c1ccc(Br)s1)c1cc(Cl)ccc1O. The van der Waals surface area contributed by atoms with Gasteiger partial charge in [0, 0.05) is 5.02 Å². The first kappa shape index (κ1) is 11.6. The minimum Gasteiger partial charge on any atom is -0.507 e. The first-order valence-corrected chi connectivity index (χ1v) is 6.35. The van der Waals surface area contributed by atoms with Crippen molar-refractivity contribution in [2.75, 3.05) is 0 Å². The van der Waals surface area contributed by atoms with Crippen molar-refractivity contribution in [3.05, 3.63) is 49.6 Å². The molecular formula is C11H6BrClO2S. The molecule has 1 aromatic carbocycles. The van der Waals surface area contributed by atoms with E-state index in [-0.39, 0.29) is 17.1 Å². The molecule has 0 aliphatic rings. The Morgan fingerprint density at radius 1 is 1.31 bits per heavy atom. The highest BCUT2D eigenvalue weighted by atomic mass is 79.9. The van der Waals surface area contributed by atoms with Gasteiger partial charge in [-0.15, -0.1) is 11.3 Å². The Labute approximate surface area is 110 Å². The van der Waals surface area contributed by atoms with Crippen LogP contribution in [0, 0.1) is 0 Å². The standard InChI is InChI=1S/C11H6BrClO2S/c12-10-4-3-9(16-10)11(15)7-5-6(13)1-2-8(7)14/h1-5,14H. The van der Waals surface area contributed by atoms with Gasteiger partial charge in [0.2, 0.25) is 5.78 Å². The molecule has 2 rings (SSSR count). The zero-order chi connectivity index (χ0) is 11.7. The number of carbonyl (C=O) groups is 1. The van der Waals surface area contributed by atoms with E-state index in [1.54, 1.807) is 12.1 Å². The van der Waals surface area contributed by atoms with Crippen LogP contribution in [0.1, 0.15) is 15.2 Å². The summed E-state index contributed by atoms with van der Waals surface area (Å²) in [6.07, 6.45) is 0. The summed E-state index contributed by atoms with van der Waals surface area (Å²) in [7, 11) is 0. The molecule has 0 aliphatic heterocycles. The van der Waals surface area contributed by atoms with Crippen molar-refractivity contribution in [1.29, 1.82) is 0 Å². The summed E-state index contributed by atoms with van der Waals surface area (Å²) in [5.74, 6) is -0.283. The van der Waals surface area contributed by atoms with Gasteiger partial charge in [0.25, 0.3) is 0 Å². The van der Waals surface area contributed by atoms with Gasteiger partial charge in [0.1, 0.15) is 5.75 Å². The van der Waals surface area contributed by atoms with Gasteiger partial charge < -0.3 is 5.11 Å². The lowest BCUT2D eigenvalue weighted by Crippen LogP contribution is -1.98. The lowest BCUT2D eigenvalue weighted by molar-refractivity contribution is 0.104. The van der Waals surface area contributed by atoms with Gasteiger partial charge in [0.15, 0.2) is 0 Å². The summed E-state index contributed by atoms with van der Waals surface area (Å²) >= 11 is 10.4. The minimum atomic E-state index is -0.226. The number of hydrogen-bond donors (Lipinski definition) is 1. The van der Waals surface area contributed by atoms with Crippen molar-refractivity contribution in [1.82, 2.24) is 0 Å². The largest absolute Gasteiger partial charge is 0.507 e. The van der Waals surface area contributed by atoms with Crippen LogP contribution in [-0.2, 0) is 0 Å². The van der Waals surface area contributed by atoms with E-state index in [9.17, 15) is 9.90 Å². The number of phenols is 1. The molecule has 16 heavy (non-hydrogen) atoms. The maximum absolute atomic E-state index is 12.0. The van der Waals surface area contributed by atoms with E-state index in [4.69, 9.17) is 11.6 Å². The molecule has 0 fully saturated rings. The first-order chi connectivity index (χ1) is 7.58. The minimum absolute atomic E-state index is 0.0566. The van der Waals surface area contributed by atoms with Crippen molar-refractivity contribution in [3.63, 3.8) is 0 Å². The lowest BCUT2D eigenvalue weighted by Gasteiger charge is -2.02. The van der Waals surface area contributed by atoms with E-state index < -0.39 is 0 Å². The monoisotopic (exact) mass is 316 g/mol. The third-order valence-electron chi connectivity index (χ3n) is 2.00. The van der Waals surface area contributed by atoms with Crippen molar-refractivity contribution < 1.29 is 9.90 Å². The van der Waals surface area contributed by atoms with Gasteiger partial charge in [-0.25, -0.2) is 0 Å². The van der Waals surface area contributed by atoms with Crippen molar-refractivity contribution in [2.24, 2.45) is 0 Å². The average molecular weight is 318 g/mol. The Balaban J connectivity index is 2.45. The summed E-state index contributed by atoms with van der Waals surface area (Å²) in [4.78, 5) is 12.6. The number of aromatic hydroxyl groups is 1. The molecule has 5 heteroatoms. The fraction of sp³-hybridized carbons (Fsp3) is 0. The highest BCUT2D eigenvalue weighted by Crippen LogP contribution is 2.28. The van der Waals surface area contributed by atoms with Crippen LogP contribution in [0.4, 0.5) is 0 Å². The van der Waals surface area contributed by atoms with Crippen molar-refractivity contribution in [3.8, 4) is 5.75 Å². The Hall–Kier alpha value is -0.840. The van der Waals surface area contributed by atoms with Gasteiger partial charge in [-0.1, -0.05) is 11.6 Å². The van der Waals surface area contributed by atoms with Crippen LogP contribution in [0.25, 0.3) is 0 Å². The molecule has 2 nitrogen and oxygen atoms in total. The number of halogens is 2. The Morgan fingerprint density at radius 2 is 2.06 bits per heavy atom. The first-order valence-electron chi connectivity index (χ1n) is 4.36. The molecule has 0 radical (unpaired) electrons. The van der Waals surface area contributed by atoms with Crippen LogP contribution in [0.5, 0.6) is 5.75 Å². The van der Waals surface area contributed by atoms with Crippen molar-refractivity contribution in [2.45, 2.75) is 0 Å². The summed E-state index contributed by atoms with van der Waals surface area (Å²) in [6, 6.07) is 7.92. The van der Waals surface area contributed by atoms with Crippen LogP contribution in [0.2, 0.25) is 5.02 Å². The number of rotatable bonds is 2. The average Bonchev–Trinajstić information content (AvgIpc) is 2.67. The zero-order valence-corrected chi connectivity index (χ0v) is 11.1. The summed E-state index contributed by atoms with van der Waals surface area (Å²) < 4.78 is 0.873. The van der Waals surface area contributed by atoms with Crippen molar-refractivity contribution >= 4 is 44.7 Å². The number of carbonyl (C=O) groups excluding carboxylic acids is 1. The molecule has 0 spiro atoms. The fourth-order valence-electron chi connectivity index (χ4n) is 1.26. The molecule has 2 aromatic rings. The molecule has 0 saturated heterocycles. The number of thiophene rings is 1. The molecule has 0 amide bonds. The van der Waals surface area contributed by atoms with Crippen LogP contribution < -0.4 is 0 Å². The number of ketones is 1. The molecule has 0 bridgehead atoms. The quantitative estimate of drug-likeness (QED) is 0.847. The van der Waals surface area contributed by atoms with Crippen LogP contribution in [-0.4, -0.2) is 10.9 Å². The molecule has 0 unspecified atom stereocenters. The van der Waals surface area contributed by atoms with Crippen LogP contribution in [0.3, 0.4) is 0 Å². The molecule has 1 aromatic heterocycles.